The van der Waals surface area contributed by atoms with E-state index in [1.165, 1.54) is 4.90 Å². The van der Waals surface area contributed by atoms with Crippen LogP contribution in [-0.4, -0.2) is 95.3 Å². The van der Waals surface area contributed by atoms with Crippen LogP contribution >= 0.6 is 22.9 Å². The average Bonchev–Trinajstić information content (AvgIpc) is 3.95. The number of nitrogens with zero attached hydrogens (tertiary/aromatic N) is 3. The molecule has 2 heterocycles. The van der Waals surface area contributed by atoms with E-state index in [2.05, 4.69) is 60.0 Å². The Labute approximate surface area is 419 Å². The Morgan fingerprint density at radius 1 is 0.943 bits per heavy atom. The lowest BCUT2D eigenvalue weighted by Gasteiger charge is -2.63. The molecule has 0 bridgehead atoms. The van der Waals surface area contributed by atoms with Crippen LogP contribution in [0, 0.1) is 34.5 Å². The molecule has 1 unspecified atom stereocenters. The first-order valence-corrected chi connectivity index (χ1v) is 24.7. The number of thiazole rings is 1. The van der Waals surface area contributed by atoms with Gasteiger partial charge in [0.05, 0.1) is 39.4 Å². The number of carbonyl (C=O) groups is 4. The number of hydrogen-bond acceptors (Lipinski definition) is 11. The molecule has 14 nitrogen and oxygen atoms in total. The lowest BCUT2D eigenvalue weighted by Crippen LogP contribution is -2.74. The van der Waals surface area contributed by atoms with Crippen LogP contribution in [0.5, 0.6) is 5.75 Å². The van der Waals surface area contributed by atoms with E-state index >= 15 is 0 Å². The molecule has 1 aliphatic carbocycles. The standard InChI is InChI=1S/C54H62ClN7O7S/c1-32-45(70-31-59-32)36-11-9-33(10-12-36)28-58-48(66)43-25-40(63)29-62(43)49(67)46(52(2,3)4)60-44(64)30-68-24-23-57-39-20-17-35(18-21-39)34-13-15-37(16-14-34)47(65)61-50-53(5,6)51(54(50,7)8)69-41-22-19-38(27-56)42(55)26-41/h9-22,26,31,40,43,46,50-51,57,63H,23-25,28-30H2,1-8H3,(H,58,66)(H,60,64)(H,61,65)/t40-,43+,46?,50?,51?/m1/s1. The van der Waals surface area contributed by atoms with Gasteiger partial charge in [-0.1, -0.05) is 109 Å². The van der Waals surface area contributed by atoms with Gasteiger partial charge in [0.15, 0.2) is 0 Å². The molecule has 16 heteroatoms. The molecule has 2 aliphatic rings. The first-order valence-electron chi connectivity index (χ1n) is 23.4. The van der Waals surface area contributed by atoms with Crippen molar-refractivity contribution in [3.63, 3.8) is 0 Å². The molecule has 3 atom stereocenters. The Bertz CT molecular complexity index is 2710. The summed E-state index contributed by atoms with van der Waals surface area (Å²) in [5.41, 5.74) is 6.92. The molecule has 0 radical (unpaired) electrons. The lowest BCUT2D eigenvalue weighted by molar-refractivity contribution is -0.164. The van der Waals surface area contributed by atoms with Crippen LogP contribution in [0.4, 0.5) is 5.69 Å². The topological polar surface area (TPSA) is 195 Å². The summed E-state index contributed by atoms with van der Waals surface area (Å²) in [6.45, 7) is 16.3. The van der Waals surface area contributed by atoms with Gasteiger partial charge in [0.25, 0.3) is 5.91 Å². The summed E-state index contributed by atoms with van der Waals surface area (Å²) < 4.78 is 12.1. The highest BCUT2D eigenvalue weighted by Crippen LogP contribution is 2.55. The highest BCUT2D eigenvalue weighted by molar-refractivity contribution is 7.13. The molecular formula is C54H62ClN7O7S. The number of nitrogens with one attached hydrogen (secondary N) is 4. The number of carbonyl (C=O) groups excluding carboxylic acids is 4. The van der Waals surface area contributed by atoms with E-state index < -0.39 is 35.4 Å². The maximum atomic E-state index is 14.0. The van der Waals surface area contributed by atoms with Gasteiger partial charge in [-0.15, -0.1) is 11.3 Å². The number of β-amino-alcohol motifs (C(OH)–C–C–N with tert-alkyl or cyclic N) is 1. The van der Waals surface area contributed by atoms with Crippen molar-refractivity contribution in [1.29, 1.82) is 5.26 Å². The number of anilines is 1. The minimum Gasteiger partial charge on any atom is -0.489 e. The van der Waals surface area contributed by atoms with Crippen LogP contribution < -0.4 is 26.0 Å². The van der Waals surface area contributed by atoms with Gasteiger partial charge in [0.1, 0.15) is 36.6 Å². The van der Waals surface area contributed by atoms with Gasteiger partial charge in [0.2, 0.25) is 17.7 Å². The van der Waals surface area contributed by atoms with Gasteiger partial charge < -0.3 is 40.7 Å². The van der Waals surface area contributed by atoms with E-state index in [1.54, 1.807) is 29.5 Å². The van der Waals surface area contributed by atoms with E-state index in [0.29, 0.717) is 28.4 Å². The van der Waals surface area contributed by atoms with Gasteiger partial charge in [-0.3, -0.25) is 19.2 Å². The monoisotopic (exact) mass is 987 g/mol. The molecule has 4 amide bonds. The first kappa shape index (κ1) is 51.5. The Hall–Kier alpha value is -6.31. The number of benzene rings is 4. The maximum absolute atomic E-state index is 14.0. The van der Waals surface area contributed by atoms with Crippen molar-refractivity contribution in [2.24, 2.45) is 16.2 Å². The van der Waals surface area contributed by atoms with E-state index in [0.717, 1.165) is 38.5 Å². The molecule has 4 aromatic carbocycles. The number of ether oxygens (including phenoxy) is 2. The lowest BCUT2D eigenvalue weighted by atomic mass is 9.49. The maximum Gasteiger partial charge on any atom is 0.251 e. The molecule has 70 heavy (non-hydrogen) atoms. The fraction of sp³-hybridized carbons (Fsp3) is 0.407. The molecule has 5 aromatic rings. The third-order valence-corrected chi connectivity index (χ3v) is 14.6. The van der Waals surface area contributed by atoms with Crippen molar-refractivity contribution >= 4 is 52.3 Å². The summed E-state index contributed by atoms with van der Waals surface area (Å²) in [7, 11) is 0. The minimum atomic E-state index is -0.971. The van der Waals surface area contributed by atoms with Gasteiger partial charge in [-0.2, -0.15) is 5.26 Å². The van der Waals surface area contributed by atoms with Crippen LogP contribution in [0.1, 0.15) is 82.1 Å². The van der Waals surface area contributed by atoms with Crippen molar-refractivity contribution in [2.45, 2.75) is 98.7 Å². The Morgan fingerprint density at radius 2 is 1.59 bits per heavy atom. The molecular weight excluding hydrogens is 926 g/mol. The Balaban J connectivity index is 0.839. The predicted octanol–water partition coefficient (Wildman–Crippen LogP) is 8.16. The van der Waals surface area contributed by atoms with E-state index in [1.807, 2.05) is 106 Å². The molecule has 1 aliphatic heterocycles. The second-order valence-corrected chi connectivity index (χ2v) is 21.6. The fourth-order valence-electron chi connectivity index (χ4n) is 9.82. The number of hydrogen-bond donors (Lipinski definition) is 5. The van der Waals surface area contributed by atoms with Crippen LogP contribution in [0.15, 0.2) is 96.5 Å². The average molecular weight is 989 g/mol. The Morgan fingerprint density at radius 3 is 2.19 bits per heavy atom. The van der Waals surface area contributed by atoms with Crippen LogP contribution in [-0.2, 0) is 25.7 Å². The molecule has 7 rings (SSSR count). The second kappa shape index (κ2) is 21.4. The number of halogens is 1. The normalized spacial score (nSPS) is 19.5. The summed E-state index contributed by atoms with van der Waals surface area (Å²) in [5, 5.41) is 32.5. The fourth-order valence-corrected chi connectivity index (χ4v) is 10.8. The molecule has 368 valence electrons. The van der Waals surface area contributed by atoms with Gasteiger partial charge >= 0.3 is 0 Å². The van der Waals surface area contributed by atoms with Gasteiger partial charge in [-0.25, -0.2) is 4.98 Å². The smallest absolute Gasteiger partial charge is 0.251 e. The zero-order chi connectivity index (χ0) is 50.5. The number of rotatable bonds is 17. The Kier molecular flexibility index (Phi) is 15.7. The third-order valence-electron chi connectivity index (χ3n) is 13.3. The molecule has 0 spiro atoms. The van der Waals surface area contributed by atoms with Crippen molar-refractivity contribution in [1.82, 2.24) is 25.8 Å². The summed E-state index contributed by atoms with van der Waals surface area (Å²) in [4.78, 5) is 60.9. The number of amides is 4. The molecule has 1 saturated carbocycles. The van der Waals surface area contributed by atoms with Crippen LogP contribution in [0.2, 0.25) is 5.02 Å². The third kappa shape index (κ3) is 11.6. The molecule has 1 saturated heterocycles. The highest BCUT2D eigenvalue weighted by Gasteiger charge is 2.64. The quantitative estimate of drug-likeness (QED) is 0.0568. The number of aromatic nitrogens is 1. The van der Waals surface area contributed by atoms with Crippen molar-refractivity contribution < 1.29 is 33.8 Å². The van der Waals surface area contributed by atoms with Crippen molar-refractivity contribution in [3.05, 3.63) is 124 Å². The van der Waals surface area contributed by atoms with Crippen LogP contribution in [0.25, 0.3) is 21.6 Å². The molecule has 1 aromatic heterocycles. The number of aryl methyl sites for hydroxylation is 1. The molecule has 2 fully saturated rings. The zero-order valence-corrected chi connectivity index (χ0v) is 42.5. The van der Waals surface area contributed by atoms with E-state index in [-0.39, 0.29) is 67.5 Å². The minimum absolute atomic E-state index is 0.0202. The summed E-state index contributed by atoms with van der Waals surface area (Å²) >= 11 is 7.82. The SMILES string of the molecule is Cc1ncsc1-c1ccc(CNC(=O)[C@@H]2C[C@@H](O)CN2C(=O)C(NC(=O)COCCNc2ccc(-c3ccc(C(=O)NC4C(C)(C)C(Oc5ccc(C#N)c(Cl)c5)C4(C)C)cc3)cc2)C(C)(C)C)cc1. The predicted molar refractivity (Wildman–Crippen MR) is 272 cm³/mol. The summed E-state index contributed by atoms with van der Waals surface area (Å²) in [6, 6.07) is 28.2. The number of aliphatic hydroxyl groups is 1. The highest BCUT2D eigenvalue weighted by atomic mass is 35.5. The largest absolute Gasteiger partial charge is 0.489 e. The van der Waals surface area contributed by atoms with Crippen molar-refractivity contribution in [3.8, 4) is 33.4 Å². The number of aliphatic hydroxyl groups excluding tert-OH is 1. The first-order chi connectivity index (χ1) is 33.2. The summed E-state index contributed by atoms with van der Waals surface area (Å²) in [5.74, 6) is -0.887. The zero-order valence-electron chi connectivity index (χ0n) is 40.9. The van der Waals surface area contributed by atoms with Gasteiger partial charge in [-0.05, 0) is 71.0 Å². The molecule has 5 N–H and O–H groups in total. The van der Waals surface area contributed by atoms with Crippen molar-refractivity contribution in [2.75, 3.05) is 31.6 Å². The van der Waals surface area contributed by atoms with E-state index in [4.69, 9.17) is 21.1 Å². The summed E-state index contributed by atoms with van der Waals surface area (Å²) in [6.07, 6.45) is -0.997. The van der Waals surface area contributed by atoms with E-state index in [9.17, 15) is 29.5 Å². The number of likely N-dealkylation sites (tertiary alicyclic amines) is 1. The second-order valence-electron chi connectivity index (χ2n) is 20.4. The number of nitriles is 1. The van der Waals surface area contributed by atoms with Crippen LogP contribution in [0.3, 0.4) is 0 Å². The van der Waals surface area contributed by atoms with Gasteiger partial charge in [0, 0.05) is 60.2 Å².